The molecule has 1 atom stereocenters. The summed E-state index contributed by atoms with van der Waals surface area (Å²) >= 11 is 0. The molecule has 0 aromatic heterocycles. The van der Waals surface area contributed by atoms with Crippen LogP contribution in [0, 0.1) is 0 Å². The molecule has 0 saturated carbocycles. The van der Waals surface area contributed by atoms with Crippen LogP contribution in [0.5, 0.6) is 0 Å². The summed E-state index contributed by atoms with van der Waals surface area (Å²) in [5, 5.41) is 9.64. The van der Waals surface area contributed by atoms with E-state index in [-0.39, 0.29) is 10.3 Å². The normalized spacial score (nSPS) is 14.5. The first-order valence-corrected chi connectivity index (χ1v) is 9.26. The lowest BCUT2D eigenvalue weighted by Crippen LogP contribution is -2.66. The van der Waals surface area contributed by atoms with Crippen LogP contribution >= 0.6 is 0 Å². The van der Waals surface area contributed by atoms with Crippen LogP contribution in [0.2, 0.25) is 0 Å². The number of hydrogen-bond acceptors (Lipinski definition) is 2. The molecule has 0 heterocycles. The predicted octanol–water partition coefficient (Wildman–Crippen LogP) is 4.42. The van der Waals surface area contributed by atoms with Gasteiger partial charge in [-0.05, 0) is 6.42 Å². The monoisotopic (exact) mass is 328 g/mol. The van der Waals surface area contributed by atoms with Gasteiger partial charge in [0.25, 0.3) is 5.54 Å². The number of carboxylic acid groups (broad SMARTS) is 1. The second kappa shape index (κ2) is 10.8. The molecule has 0 radical (unpaired) electrons. The molecule has 0 bridgehead atoms. The van der Waals surface area contributed by atoms with E-state index < -0.39 is 11.5 Å². The van der Waals surface area contributed by atoms with Crippen LogP contribution in [0.3, 0.4) is 0 Å². The molecule has 23 heavy (non-hydrogen) atoms. The third-order valence-electron chi connectivity index (χ3n) is 4.97. The first kappa shape index (κ1) is 22.1. The third kappa shape index (κ3) is 7.03. The van der Waals surface area contributed by atoms with Crippen molar-refractivity contribution in [3.8, 4) is 0 Å². The SMILES string of the molecule is CCCCCCCCCCCCC(C(C)=O)(C(=O)O)[N+](C)(C)C. The fourth-order valence-electron chi connectivity index (χ4n) is 3.40. The highest BCUT2D eigenvalue weighted by Crippen LogP contribution is 2.28. The van der Waals surface area contributed by atoms with Crippen molar-refractivity contribution in [1.29, 1.82) is 0 Å². The van der Waals surface area contributed by atoms with Gasteiger partial charge in [0, 0.05) is 13.3 Å². The molecule has 0 aliphatic heterocycles. The van der Waals surface area contributed by atoms with E-state index in [1.54, 1.807) is 21.1 Å². The van der Waals surface area contributed by atoms with Crippen LogP contribution in [0.1, 0.15) is 84.5 Å². The Bertz CT molecular complexity index is 344. The summed E-state index contributed by atoms with van der Waals surface area (Å²) in [5.41, 5.74) is -1.31. The summed E-state index contributed by atoms with van der Waals surface area (Å²) in [5.74, 6) is -1.23. The molecular formula is C19H38NO3+. The van der Waals surface area contributed by atoms with Crippen molar-refractivity contribution in [3.63, 3.8) is 0 Å². The average Bonchev–Trinajstić information content (AvgIpc) is 2.42. The summed E-state index contributed by atoms with van der Waals surface area (Å²) in [6.45, 7) is 3.64. The highest BCUT2D eigenvalue weighted by atomic mass is 16.4. The minimum Gasteiger partial charge on any atom is -0.476 e. The Balaban J connectivity index is 4.12. The number of Topliss-reactive ketones (excluding diaryl/α,β-unsaturated/α-hetero) is 1. The zero-order valence-corrected chi connectivity index (χ0v) is 16.0. The van der Waals surface area contributed by atoms with E-state index in [2.05, 4.69) is 6.92 Å². The molecule has 0 aromatic carbocycles. The lowest BCUT2D eigenvalue weighted by atomic mass is 9.85. The second-order valence-corrected chi connectivity index (χ2v) is 7.67. The lowest BCUT2D eigenvalue weighted by Gasteiger charge is -2.41. The summed E-state index contributed by atoms with van der Waals surface area (Å²) in [7, 11) is 5.39. The van der Waals surface area contributed by atoms with Crippen LogP contribution in [-0.4, -0.2) is 48.0 Å². The van der Waals surface area contributed by atoms with Crippen molar-refractivity contribution in [2.45, 2.75) is 90.0 Å². The molecule has 1 N–H and O–H groups in total. The van der Waals surface area contributed by atoms with Gasteiger partial charge < -0.3 is 9.59 Å². The van der Waals surface area contributed by atoms with E-state index in [0.29, 0.717) is 6.42 Å². The van der Waals surface area contributed by atoms with Gasteiger partial charge in [-0.3, -0.25) is 4.79 Å². The third-order valence-corrected chi connectivity index (χ3v) is 4.97. The van der Waals surface area contributed by atoms with Gasteiger partial charge in [0.15, 0.2) is 0 Å². The predicted molar refractivity (Wildman–Crippen MR) is 95.5 cm³/mol. The fraction of sp³-hybridized carbons (Fsp3) is 0.895. The molecule has 0 aliphatic carbocycles. The van der Waals surface area contributed by atoms with Crippen molar-refractivity contribution >= 4 is 11.8 Å². The number of carbonyl (C=O) groups excluding carboxylic acids is 1. The summed E-state index contributed by atoms with van der Waals surface area (Å²) in [4.78, 5) is 23.8. The van der Waals surface area contributed by atoms with Gasteiger partial charge >= 0.3 is 5.97 Å². The number of aliphatic carboxylic acids is 1. The minimum atomic E-state index is -1.31. The van der Waals surface area contributed by atoms with E-state index in [1.165, 1.54) is 51.9 Å². The number of nitrogens with zero attached hydrogens (tertiary/aromatic N) is 1. The van der Waals surface area contributed by atoms with Crippen molar-refractivity contribution < 1.29 is 19.2 Å². The summed E-state index contributed by atoms with van der Waals surface area (Å²) in [6.07, 6.45) is 12.5. The van der Waals surface area contributed by atoms with Crippen molar-refractivity contribution in [3.05, 3.63) is 0 Å². The molecular weight excluding hydrogens is 290 g/mol. The van der Waals surface area contributed by atoms with Gasteiger partial charge in [-0.2, -0.15) is 0 Å². The van der Waals surface area contributed by atoms with E-state index in [0.717, 1.165) is 19.3 Å². The van der Waals surface area contributed by atoms with E-state index in [4.69, 9.17) is 0 Å². The van der Waals surface area contributed by atoms with Crippen LogP contribution < -0.4 is 0 Å². The summed E-state index contributed by atoms with van der Waals surface area (Å²) in [6, 6.07) is 0. The minimum absolute atomic E-state index is 0.148. The van der Waals surface area contributed by atoms with Gasteiger partial charge in [0.1, 0.15) is 0 Å². The van der Waals surface area contributed by atoms with E-state index in [1.807, 2.05) is 0 Å². The molecule has 0 aromatic rings. The first-order chi connectivity index (χ1) is 10.7. The van der Waals surface area contributed by atoms with Crippen LogP contribution in [0.4, 0.5) is 0 Å². The number of hydrogen-bond donors (Lipinski definition) is 1. The van der Waals surface area contributed by atoms with Crippen molar-refractivity contribution in [2.24, 2.45) is 0 Å². The number of likely N-dealkylation sites (N-methyl/N-ethyl adjacent to an activating group) is 1. The molecule has 4 nitrogen and oxygen atoms in total. The maximum atomic E-state index is 12.0. The zero-order valence-electron chi connectivity index (χ0n) is 16.0. The Labute approximate surface area is 142 Å². The number of carbonyl (C=O) groups is 2. The largest absolute Gasteiger partial charge is 0.476 e. The quantitative estimate of drug-likeness (QED) is 0.292. The smallest absolute Gasteiger partial charge is 0.373 e. The van der Waals surface area contributed by atoms with Crippen molar-refractivity contribution in [1.82, 2.24) is 0 Å². The molecule has 0 spiro atoms. The van der Waals surface area contributed by atoms with Crippen molar-refractivity contribution in [2.75, 3.05) is 21.1 Å². The average molecular weight is 329 g/mol. The maximum absolute atomic E-state index is 12.0. The number of quaternary nitrogens is 1. The van der Waals surface area contributed by atoms with Gasteiger partial charge in [0.2, 0.25) is 5.78 Å². The first-order valence-electron chi connectivity index (χ1n) is 9.26. The Morgan fingerprint density at radius 2 is 1.22 bits per heavy atom. The standard InChI is InChI=1S/C19H37NO3/c1-6-7-8-9-10-11-12-13-14-15-16-19(17(2)21,18(22)23)20(3,4)5/h6-16H2,1-5H3/p+1. The molecule has 0 amide bonds. The van der Waals surface area contributed by atoms with Crippen LogP contribution in [0.25, 0.3) is 0 Å². The maximum Gasteiger partial charge on any atom is 0.373 e. The number of rotatable bonds is 14. The number of unbranched alkanes of at least 4 members (excludes halogenated alkanes) is 9. The highest BCUT2D eigenvalue weighted by molar-refractivity contribution is 6.05. The Kier molecular flexibility index (Phi) is 10.4. The molecule has 4 heteroatoms. The van der Waals surface area contributed by atoms with E-state index >= 15 is 0 Å². The zero-order chi connectivity index (χ0) is 17.9. The molecule has 1 unspecified atom stereocenters. The Morgan fingerprint density at radius 1 is 0.826 bits per heavy atom. The molecule has 0 fully saturated rings. The molecule has 0 saturated heterocycles. The Hall–Kier alpha value is -0.900. The van der Waals surface area contributed by atoms with Crippen LogP contribution in [-0.2, 0) is 9.59 Å². The van der Waals surface area contributed by atoms with Crippen LogP contribution in [0.15, 0.2) is 0 Å². The fourth-order valence-corrected chi connectivity index (χ4v) is 3.40. The van der Waals surface area contributed by atoms with Gasteiger partial charge in [0.05, 0.1) is 21.1 Å². The van der Waals surface area contributed by atoms with Gasteiger partial charge in [-0.15, -0.1) is 0 Å². The van der Waals surface area contributed by atoms with Gasteiger partial charge in [-0.25, -0.2) is 4.79 Å². The number of carboxylic acids is 1. The molecule has 0 rings (SSSR count). The molecule has 0 aliphatic rings. The number of ketones is 1. The van der Waals surface area contributed by atoms with Gasteiger partial charge in [-0.1, -0.05) is 64.7 Å². The van der Waals surface area contributed by atoms with E-state index in [9.17, 15) is 14.7 Å². The topological polar surface area (TPSA) is 54.4 Å². The lowest BCUT2D eigenvalue weighted by molar-refractivity contribution is -0.903. The highest BCUT2D eigenvalue weighted by Gasteiger charge is 2.54. The molecule has 136 valence electrons. The summed E-state index contributed by atoms with van der Waals surface area (Å²) < 4.78 is 0.148. The Morgan fingerprint density at radius 3 is 1.52 bits per heavy atom. The second-order valence-electron chi connectivity index (χ2n) is 7.67.